The number of carbonyl (C=O) groups is 1. The number of carbonyl (C=O) groups excluding carboxylic acids is 1. The molecule has 6 nitrogen and oxygen atoms in total. The predicted molar refractivity (Wildman–Crippen MR) is 92.5 cm³/mol. The third-order valence-electron chi connectivity index (χ3n) is 3.70. The molecular weight excluding hydrogens is 324 g/mol. The van der Waals surface area contributed by atoms with E-state index in [9.17, 15) is 4.79 Å². The summed E-state index contributed by atoms with van der Waals surface area (Å²) in [4.78, 5) is 18.4. The van der Waals surface area contributed by atoms with Crippen LogP contribution in [0.2, 0.25) is 0 Å². The minimum atomic E-state index is -0.299. The Balaban J connectivity index is 1.62. The van der Waals surface area contributed by atoms with Crippen molar-refractivity contribution in [3.8, 4) is 16.6 Å². The summed E-state index contributed by atoms with van der Waals surface area (Å²) in [6.07, 6.45) is -0.140. The molecule has 0 saturated carbocycles. The fraction of sp³-hybridized carbons (Fsp3) is 0.353. The first kappa shape index (κ1) is 16.6. The monoisotopic (exact) mass is 342 g/mol. The fourth-order valence-corrected chi connectivity index (χ4v) is 3.29. The number of hydrogen-bond donors (Lipinski definition) is 1. The Morgan fingerprint density at radius 1 is 1.33 bits per heavy atom. The van der Waals surface area contributed by atoms with Crippen LogP contribution >= 0.6 is 11.3 Å². The molecule has 1 fully saturated rings. The molecule has 1 aliphatic heterocycles. The number of nitrogens with one attached hydrogen (secondary N) is 1. The van der Waals surface area contributed by atoms with Crippen LogP contribution in [0.4, 0.5) is 5.69 Å². The van der Waals surface area contributed by atoms with Gasteiger partial charge in [0.1, 0.15) is 11.4 Å². The molecule has 1 aromatic carbocycles. The molecule has 0 atom stereocenters. The zero-order valence-electron chi connectivity index (χ0n) is 13.2. The summed E-state index contributed by atoms with van der Waals surface area (Å²) >= 11 is 1.62. The summed E-state index contributed by atoms with van der Waals surface area (Å²) in [5.74, 6) is -0.299. The van der Waals surface area contributed by atoms with E-state index in [0.717, 1.165) is 49.1 Å². The van der Waals surface area contributed by atoms with E-state index in [2.05, 4.69) is 15.6 Å². The van der Waals surface area contributed by atoms with Gasteiger partial charge in [-0.05, 0) is 24.3 Å². The molecule has 0 radical (unpaired) electrons. The first-order valence-corrected chi connectivity index (χ1v) is 8.64. The number of benzene rings is 1. The summed E-state index contributed by atoms with van der Waals surface area (Å²) in [6.45, 7) is 4.32. The summed E-state index contributed by atoms with van der Waals surface area (Å²) in [7, 11) is 0. The molecular formula is C17H18N4O2S. The lowest BCUT2D eigenvalue weighted by molar-refractivity contribution is -0.115. The quantitative estimate of drug-likeness (QED) is 0.903. The van der Waals surface area contributed by atoms with Crippen molar-refractivity contribution in [1.82, 2.24) is 9.88 Å². The summed E-state index contributed by atoms with van der Waals surface area (Å²) in [5, 5.41) is 14.2. The highest BCUT2D eigenvalue weighted by Gasteiger charge is 2.13. The van der Waals surface area contributed by atoms with Crippen LogP contribution < -0.4 is 5.32 Å². The van der Waals surface area contributed by atoms with E-state index in [4.69, 9.17) is 15.0 Å². The highest BCUT2D eigenvalue weighted by atomic mass is 32.1. The molecule has 1 N–H and O–H groups in total. The molecule has 1 amide bonds. The van der Waals surface area contributed by atoms with Gasteiger partial charge in [-0.2, -0.15) is 5.26 Å². The maximum atomic E-state index is 11.4. The molecule has 0 unspecified atom stereocenters. The second-order valence-corrected chi connectivity index (χ2v) is 6.35. The number of ether oxygens (including phenoxy) is 1. The highest BCUT2D eigenvalue weighted by molar-refractivity contribution is 7.13. The summed E-state index contributed by atoms with van der Waals surface area (Å²) in [5.41, 5.74) is 2.78. The molecule has 0 aliphatic carbocycles. The van der Waals surface area contributed by atoms with Crippen LogP contribution in [0.25, 0.3) is 10.6 Å². The smallest absolute Gasteiger partial charge is 0.238 e. The fourth-order valence-electron chi connectivity index (χ4n) is 2.47. The number of rotatable bonds is 5. The lowest BCUT2D eigenvalue weighted by atomic mass is 10.2. The van der Waals surface area contributed by atoms with Gasteiger partial charge in [-0.15, -0.1) is 11.3 Å². The van der Waals surface area contributed by atoms with Crippen LogP contribution in [0.15, 0.2) is 29.6 Å². The molecule has 124 valence electrons. The normalized spacial score (nSPS) is 15.0. The molecule has 1 saturated heterocycles. The van der Waals surface area contributed by atoms with E-state index in [1.165, 1.54) is 0 Å². The van der Waals surface area contributed by atoms with Crippen LogP contribution in [0, 0.1) is 11.3 Å². The molecule has 2 aromatic rings. The average Bonchev–Trinajstić information content (AvgIpc) is 3.05. The molecule has 7 heteroatoms. The van der Waals surface area contributed by atoms with Crippen molar-refractivity contribution < 1.29 is 9.53 Å². The number of hydrogen-bond acceptors (Lipinski definition) is 6. The van der Waals surface area contributed by atoms with E-state index < -0.39 is 0 Å². The predicted octanol–water partition coefficient (Wildman–Crippen LogP) is 2.49. The molecule has 24 heavy (non-hydrogen) atoms. The van der Waals surface area contributed by atoms with Gasteiger partial charge < -0.3 is 10.1 Å². The number of aromatic nitrogens is 1. The SMILES string of the molecule is N#CCC(=O)Nc1ccc(-c2nc(CN3CCOCC3)cs2)cc1. The van der Waals surface area contributed by atoms with E-state index >= 15 is 0 Å². The number of anilines is 1. The van der Waals surface area contributed by atoms with Crippen LogP contribution in [-0.4, -0.2) is 42.1 Å². The summed E-state index contributed by atoms with van der Waals surface area (Å²) < 4.78 is 5.36. The van der Waals surface area contributed by atoms with Crippen LogP contribution in [0.5, 0.6) is 0 Å². The Labute approximate surface area is 144 Å². The largest absolute Gasteiger partial charge is 0.379 e. The van der Waals surface area contributed by atoms with Gasteiger partial charge in [-0.1, -0.05) is 0 Å². The number of thiazole rings is 1. The lowest BCUT2D eigenvalue weighted by Gasteiger charge is -2.25. The Morgan fingerprint density at radius 2 is 2.08 bits per heavy atom. The second kappa shape index (κ2) is 8.02. The maximum absolute atomic E-state index is 11.4. The van der Waals surface area contributed by atoms with Gasteiger partial charge in [0.25, 0.3) is 0 Å². The molecule has 0 spiro atoms. The highest BCUT2D eigenvalue weighted by Crippen LogP contribution is 2.25. The van der Waals surface area contributed by atoms with Gasteiger partial charge in [0, 0.05) is 36.3 Å². The van der Waals surface area contributed by atoms with E-state index in [0.29, 0.717) is 5.69 Å². The Kier molecular flexibility index (Phi) is 5.54. The van der Waals surface area contributed by atoms with E-state index in [1.54, 1.807) is 11.3 Å². The Morgan fingerprint density at radius 3 is 2.79 bits per heavy atom. The molecule has 3 rings (SSSR count). The average molecular weight is 342 g/mol. The van der Waals surface area contributed by atoms with Gasteiger partial charge in [-0.25, -0.2) is 4.98 Å². The van der Waals surface area contributed by atoms with Crippen molar-refractivity contribution in [2.24, 2.45) is 0 Å². The maximum Gasteiger partial charge on any atom is 0.238 e. The van der Waals surface area contributed by atoms with Crippen LogP contribution in [-0.2, 0) is 16.1 Å². The van der Waals surface area contributed by atoms with Crippen molar-refractivity contribution >= 4 is 22.9 Å². The Bertz CT molecular complexity index is 730. The minimum absolute atomic E-state index is 0.140. The zero-order chi connectivity index (χ0) is 16.8. The summed E-state index contributed by atoms with van der Waals surface area (Å²) in [6, 6.07) is 9.34. The molecule has 1 aromatic heterocycles. The Hall–Kier alpha value is -2.27. The van der Waals surface area contributed by atoms with Gasteiger partial charge in [0.05, 0.1) is 25.0 Å². The molecule has 1 aliphatic rings. The van der Waals surface area contributed by atoms with Gasteiger partial charge in [0.2, 0.25) is 5.91 Å². The van der Waals surface area contributed by atoms with Gasteiger partial charge in [0.15, 0.2) is 0 Å². The van der Waals surface area contributed by atoms with Crippen LogP contribution in [0.3, 0.4) is 0 Å². The van der Waals surface area contributed by atoms with E-state index in [-0.39, 0.29) is 12.3 Å². The topological polar surface area (TPSA) is 78.2 Å². The molecule has 0 bridgehead atoms. The van der Waals surface area contributed by atoms with Gasteiger partial charge >= 0.3 is 0 Å². The van der Waals surface area contributed by atoms with Crippen molar-refractivity contribution in [2.45, 2.75) is 13.0 Å². The standard InChI is InChI=1S/C17H18N4O2S/c18-6-5-16(22)19-14-3-1-13(2-4-14)17-20-15(12-24-17)11-21-7-9-23-10-8-21/h1-4,12H,5,7-11H2,(H,19,22). The lowest BCUT2D eigenvalue weighted by Crippen LogP contribution is -2.35. The number of morpholine rings is 1. The van der Waals surface area contributed by atoms with E-state index in [1.807, 2.05) is 30.3 Å². The third kappa shape index (κ3) is 4.38. The number of amides is 1. The van der Waals surface area contributed by atoms with Crippen molar-refractivity contribution in [2.75, 3.05) is 31.6 Å². The van der Waals surface area contributed by atoms with Gasteiger partial charge in [-0.3, -0.25) is 9.69 Å². The van der Waals surface area contributed by atoms with Crippen LogP contribution in [0.1, 0.15) is 12.1 Å². The zero-order valence-corrected chi connectivity index (χ0v) is 14.0. The third-order valence-corrected chi connectivity index (χ3v) is 4.64. The second-order valence-electron chi connectivity index (χ2n) is 5.49. The van der Waals surface area contributed by atoms with Crippen molar-refractivity contribution in [3.05, 3.63) is 35.3 Å². The van der Waals surface area contributed by atoms with Crippen molar-refractivity contribution in [3.63, 3.8) is 0 Å². The number of nitrogens with zero attached hydrogens (tertiary/aromatic N) is 3. The first-order valence-electron chi connectivity index (χ1n) is 7.76. The first-order chi connectivity index (χ1) is 11.7. The molecule has 2 heterocycles. The minimum Gasteiger partial charge on any atom is -0.379 e. The number of nitriles is 1. The van der Waals surface area contributed by atoms with Crippen molar-refractivity contribution in [1.29, 1.82) is 5.26 Å².